The SMILES string of the molecule is Cn1cc(-c2cccc(NC(=O)C(=O)NC3CC(c4ccc(Cl)cc4)C3)c2)cn1. The molecule has 1 aromatic heterocycles. The number of anilines is 1. The van der Waals surface area contributed by atoms with E-state index < -0.39 is 11.8 Å². The zero-order valence-electron chi connectivity index (χ0n) is 15.9. The van der Waals surface area contributed by atoms with Gasteiger partial charge in [-0.2, -0.15) is 5.10 Å². The maximum Gasteiger partial charge on any atom is 0.313 e. The Morgan fingerprint density at radius 2 is 1.83 bits per heavy atom. The van der Waals surface area contributed by atoms with E-state index in [-0.39, 0.29) is 6.04 Å². The van der Waals surface area contributed by atoms with E-state index in [4.69, 9.17) is 11.6 Å². The van der Waals surface area contributed by atoms with Crippen molar-refractivity contribution in [3.8, 4) is 11.1 Å². The van der Waals surface area contributed by atoms with Crippen molar-refractivity contribution in [1.29, 1.82) is 0 Å². The summed E-state index contributed by atoms with van der Waals surface area (Å²) in [6, 6.07) is 15.1. The molecule has 6 nitrogen and oxygen atoms in total. The zero-order valence-corrected chi connectivity index (χ0v) is 16.7. The molecule has 0 atom stereocenters. The highest BCUT2D eigenvalue weighted by Crippen LogP contribution is 2.37. The van der Waals surface area contributed by atoms with Crippen LogP contribution in [0.5, 0.6) is 0 Å². The van der Waals surface area contributed by atoms with Crippen LogP contribution in [0.1, 0.15) is 24.3 Å². The number of aromatic nitrogens is 2. The fourth-order valence-electron chi connectivity index (χ4n) is 3.53. The van der Waals surface area contributed by atoms with Crippen LogP contribution in [0.2, 0.25) is 5.02 Å². The minimum Gasteiger partial charge on any atom is -0.345 e. The Balaban J connectivity index is 1.30. The summed E-state index contributed by atoms with van der Waals surface area (Å²) in [7, 11) is 1.84. The first kappa shape index (κ1) is 19.2. The number of halogens is 1. The van der Waals surface area contributed by atoms with Crippen LogP contribution in [0.4, 0.5) is 5.69 Å². The van der Waals surface area contributed by atoms with E-state index in [2.05, 4.69) is 15.7 Å². The minimum atomic E-state index is -0.664. The van der Waals surface area contributed by atoms with Crippen molar-refractivity contribution in [3.05, 3.63) is 71.5 Å². The molecule has 0 bridgehead atoms. The van der Waals surface area contributed by atoms with Gasteiger partial charge in [-0.05, 0) is 54.2 Å². The Kier molecular flexibility index (Phi) is 5.36. The molecule has 2 amide bonds. The summed E-state index contributed by atoms with van der Waals surface area (Å²) in [5.41, 5.74) is 3.63. The molecule has 1 saturated carbocycles. The fraction of sp³-hybridized carbons (Fsp3) is 0.227. The molecule has 0 radical (unpaired) electrons. The second-order valence-electron chi connectivity index (χ2n) is 7.33. The first-order valence-electron chi connectivity index (χ1n) is 9.44. The highest BCUT2D eigenvalue weighted by atomic mass is 35.5. The molecule has 4 rings (SSSR count). The monoisotopic (exact) mass is 408 g/mol. The molecular weight excluding hydrogens is 388 g/mol. The van der Waals surface area contributed by atoms with Crippen LogP contribution < -0.4 is 10.6 Å². The lowest BCUT2D eigenvalue weighted by Gasteiger charge is -2.36. The molecule has 1 heterocycles. The Morgan fingerprint density at radius 3 is 2.52 bits per heavy atom. The number of benzene rings is 2. The van der Waals surface area contributed by atoms with Crippen LogP contribution in [-0.4, -0.2) is 27.6 Å². The van der Waals surface area contributed by atoms with Crippen molar-refractivity contribution in [3.63, 3.8) is 0 Å². The largest absolute Gasteiger partial charge is 0.345 e. The van der Waals surface area contributed by atoms with Gasteiger partial charge >= 0.3 is 11.8 Å². The summed E-state index contributed by atoms with van der Waals surface area (Å²) in [4.78, 5) is 24.5. The van der Waals surface area contributed by atoms with Gasteiger partial charge < -0.3 is 10.6 Å². The van der Waals surface area contributed by atoms with Gasteiger partial charge in [-0.3, -0.25) is 14.3 Å². The number of hydrogen-bond acceptors (Lipinski definition) is 3. The smallest absolute Gasteiger partial charge is 0.313 e. The number of carbonyl (C=O) groups is 2. The molecule has 2 aromatic carbocycles. The number of nitrogens with one attached hydrogen (secondary N) is 2. The molecule has 2 N–H and O–H groups in total. The third-order valence-corrected chi connectivity index (χ3v) is 5.43. The quantitative estimate of drug-likeness (QED) is 0.645. The molecule has 3 aromatic rings. The van der Waals surface area contributed by atoms with Gasteiger partial charge in [0.15, 0.2) is 0 Å². The van der Waals surface area contributed by atoms with Gasteiger partial charge in [0.2, 0.25) is 0 Å². The van der Waals surface area contributed by atoms with Crippen molar-refractivity contribution in [2.45, 2.75) is 24.8 Å². The lowest BCUT2D eigenvalue weighted by molar-refractivity contribution is -0.137. The first-order chi connectivity index (χ1) is 14.0. The maximum absolute atomic E-state index is 12.3. The molecule has 7 heteroatoms. The summed E-state index contributed by atoms with van der Waals surface area (Å²) in [6.07, 6.45) is 5.27. The van der Waals surface area contributed by atoms with E-state index >= 15 is 0 Å². The predicted molar refractivity (Wildman–Crippen MR) is 113 cm³/mol. The molecule has 29 heavy (non-hydrogen) atoms. The van der Waals surface area contributed by atoms with Crippen LogP contribution in [0, 0.1) is 0 Å². The maximum atomic E-state index is 12.3. The molecule has 1 aliphatic rings. The van der Waals surface area contributed by atoms with Crippen LogP contribution in [0.25, 0.3) is 11.1 Å². The normalized spacial score (nSPS) is 18.0. The molecule has 0 aliphatic heterocycles. The summed E-state index contributed by atoms with van der Waals surface area (Å²) < 4.78 is 1.71. The highest BCUT2D eigenvalue weighted by Gasteiger charge is 2.32. The van der Waals surface area contributed by atoms with E-state index in [1.54, 1.807) is 16.9 Å². The lowest BCUT2D eigenvalue weighted by Crippen LogP contribution is -2.47. The van der Waals surface area contributed by atoms with Gasteiger partial charge in [0, 0.05) is 35.6 Å². The van der Waals surface area contributed by atoms with E-state index in [0.29, 0.717) is 16.6 Å². The molecular formula is C22H21ClN4O2. The van der Waals surface area contributed by atoms with Gasteiger partial charge in [-0.15, -0.1) is 0 Å². The van der Waals surface area contributed by atoms with Crippen LogP contribution in [-0.2, 0) is 16.6 Å². The van der Waals surface area contributed by atoms with E-state index in [9.17, 15) is 9.59 Å². The van der Waals surface area contributed by atoms with Crippen molar-refractivity contribution in [2.75, 3.05) is 5.32 Å². The van der Waals surface area contributed by atoms with Gasteiger partial charge in [0.05, 0.1) is 6.20 Å². The van der Waals surface area contributed by atoms with E-state index in [1.807, 2.05) is 55.7 Å². The average molecular weight is 409 g/mol. The molecule has 0 spiro atoms. The van der Waals surface area contributed by atoms with E-state index in [1.165, 1.54) is 5.56 Å². The van der Waals surface area contributed by atoms with Gasteiger partial charge in [-0.25, -0.2) is 0 Å². The summed E-state index contributed by atoms with van der Waals surface area (Å²) >= 11 is 5.92. The summed E-state index contributed by atoms with van der Waals surface area (Å²) in [5, 5.41) is 10.3. The number of nitrogens with zero attached hydrogens (tertiary/aromatic N) is 2. The van der Waals surface area contributed by atoms with E-state index in [0.717, 1.165) is 24.0 Å². The Hall–Kier alpha value is -3.12. The number of carbonyl (C=O) groups excluding carboxylic acids is 2. The molecule has 0 unspecified atom stereocenters. The second kappa shape index (κ2) is 8.09. The topological polar surface area (TPSA) is 76.0 Å². The number of aryl methyl sites for hydroxylation is 1. The first-order valence-corrected chi connectivity index (χ1v) is 9.82. The molecule has 1 aliphatic carbocycles. The average Bonchev–Trinajstić information content (AvgIpc) is 3.12. The highest BCUT2D eigenvalue weighted by molar-refractivity contribution is 6.39. The Labute approximate surface area is 173 Å². The summed E-state index contributed by atoms with van der Waals surface area (Å²) in [6.45, 7) is 0. The number of hydrogen-bond donors (Lipinski definition) is 2. The summed E-state index contributed by atoms with van der Waals surface area (Å²) in [5.74, 6) is -0.892. The standard InChI is InChI=1S/C22H21ClN4O2/c1-27-13-17(12-24-27)15-3-2-4-19(9-15)25-21(28)22(29)26-20-10-16(11-20)14-5-7-18(23)8-6-14/h2-9,12-13,16,20H,10-11H2,1H3,(H,25,28)(H,26,29). The van der Waals surface area contributed by atoms with Crippen molar-refractivity contribution >= 4 is 29.1 Å². The lowest BCUT2D eigenvalue weighted by atomic mass is 9.76. The fourth-order valence-corrected chi connectivity index (χ4v) is 3.65. The van der Waals surface area contributed by atoms with Crippen LogP contribution in [0.3, 0.4) is 0 Å². The van der Waals surface area contributed by atoms with Crippen molar-refractivity contribution < 1.29 is 9.59 Å². The minimum absolute atomic E-state index is 0.00987. The van der Waals surface area contributed by atoms with Crippen LogP contribution in [0.15, 0.2) is 60.9 Å². The van der Waals surface area contributed by atoms with Crippen molar-refractivity contribution in [1.82, 2.24) is 15.1 Å². The number of rotatable bonds is 4. The third-order valence-electron chi connectivity index (χ3n) is 5.18. The van der Waals surface area contributed by atoms with Crippen molar-refractivity contribution in [2.24, 2.45) is 7.05 Å². The molecule has 0 saturated heterocycles. The van der Waals surface area contributed by atoms with Gasteiger partial charge in [-0.1, -0.05) is 35.9 Å². The Bertz CT molecular complexity index is 1040. The van der Waals surface area contributed by atoms with Gasteiger partial charge in [0.1, 0.15) is 0 Å². The molecule has 1 fully saturated rings. The van der Waals surface area contributed by atoms with Crippen LogP contribution >= 0.6 is 11.6 Å². The Morgan fingerprint density at radius 1 is 1.07 bits per heavy atom. The second-order valence-corrected chi connectivity index (χ2v) is 7.76. The third kappa shape index (κ3) is 4.49. The zero-order chi connectivity index (χ0) is 20.4. The molecule has 148 valence electrons. The number of amides is 2. The van der Waals surface area contributed by atoms with Gasteiger partial charge in [0.25, 0.3) is 0 Å². The predicted octanol–water partition coefficient (Wildman–Crippen LogP) is 3.74.